The van der Waals surface area contributed by atoms with Crippen LogP contribution in [0, 0.1) is 11.8 Å². The Labute approximate surface area is 163 Å². The van der Waals surface area contributed by atoms with Crippen LogP contribution in [-0.2, 0) is 4.74 Å². The number of likely N-dealkylation sites (tertiary alicyclic amines) is 1. The lowest BCUT2D eigenvalue weighted by Crippen LogP contribution is -2.40. The van der Waals surface area contributed by atoms with Crippen molar-refractivity contribution in [3.05, 3.63) is 52.2 Å². The summed E-state index contributed by atoms with van der Waals surface area (Å²) < 4.78 is 5.52. The van der Waals surface area contributed by atoms with Crippen LogP contribution in [0.15, 0.2) is 41.1 Å². The van der Waals surface area contributed by atoms with Crippen LogP contribution in [0.4, 0.5) is 5.69 Å². The first-order chi connectivity index (χ1) is 13.2. The van der Waals surface area contributed by atoms with Gasteiger partial charge in [0.05, 0.1) is 16.8 Å². The number of piperidine rings is 1. The molecule has 2 aliphatic rings. The van der Waals surface area contributed by atoms with E-state index in [1.54, 1.807) is 23.6 Å². The number of thiophene rings is 1. The van der Waals surface area contributed by atoms with Crippen LogP contribution in [0.2, 0.25) is 0 Å². The van der Waals surface area contributed by atoms with Gasteiger partial charge in [0.1, 0.15) is 0 Å². The van der Waals surface area contributed by atoms with Crippen LogP contribution in [0.25, 0.3) is 0 Å². The average molecular weight is 385 g/mol. The van der Waals surface area contributed by atoms with E-state index >= 15 is 0 Å². The molecule has 27 heavy (non-hydrogen) atoms. The molecule has 0 aliphatic carbocycles. The van der Waals surface area contributed by atoms with Crippen molar-refractivity contribution in [3.63, 3.8) is 0 Å². The summed E-state index contributed by atoms with van der Waals surface area (Å²) in [6.07, 6.45) is 3.21. The van der Waals surface area contributed by atoms with Crippen molar-refractivity contribution < 1.29 is 14.3 Å². The summed E-state index contributed by atoms with van der Waals surface area (Å²) in [5.74, 6) is 1.12. The fraction of sp³-hybridized carbons (Fsp3) is 0.429. The van der Waals surface area contributed by atoms with Crippen LogP contribution in [0.3, 0.4) is 0 Å². The minimum atomic E-state index is -0.184. The van der Waals surface area contributed by atoms with E-state index in [9.17, 15) is 9.59 Å². The van der Waals surface area contributed by atoms with Gasteiger partial charge in [0, 0.05) is 31.7 Å². The Balaban J connectivity index is 1.42. The number of carbonyl (C=O) groups excluding carboxylic acids is 2. The molecule has 1 N–H and O–H groups in total. The molecular weight excluding hydrogens is 360 g/mol. The number of carbonyl (C=O) groups is 2. The number of anilines is 1. The molecule has 0 bridgehead atoms. The van der Waals surface area contributed by atoms with Gasteiger partial charge in [-0.1, -0.05) is 12.1 Å². The van der Waals surface area contributed by atoms with Crippen LogP contribution in [0.5, 0.6) is 0 Å². The lowest BCUT2D eigenvalue weighted by molar-refractivity contribution is 0.0649. The number of hydrogen-bond donors (Lipinski definition) is 1. The summed E-state index contributed by atoms with van der Waals surface area (Å²) in [7, 11) is 0. The molecule has 2 amide bonds. The molecule has 142 valence electrons. The van der Waals surface area contributed by atoms with Crippen LogP contribution in [-0.4, -0.2) is 43.0 Å². The maximum absolute atomic E-state index is 13.1. The van der Waals surface area contributed by atoms with Crippen molar-refractivity contribution in [2.45, 2.75) is 19.3 Å². The monoisotopic (exact) mass is 384 g/mol. The zero-order valence-electron chi connectivity index (χ0n) is 15.2. The third-order valence-corrected chi connectivity index (χ3v) is 6.33. The Morgan fingerprint density at radius 2 is 1.89 bits per heavy atom. The summed E-state index contributed by atoms with van der Waals surface area (Å²) in [5.41, 5.74) is 1.75. The molecule has 5 nitrogen and oxygen atoms in total. The van der Waals surface area contributed by atoms with Gasteiger partial charge < -0.3 is 15.0 Å². The molecule has 3 heterocycles. The van der Waals surface area contributed by atoms with Crippen LogP contribution in [0.1, 0.15) is 40.0 Å². The van der Waals surface area contributed by atoms with Crippen molar-refractivity contribution in [2.75, 3.05) is 31.6 Å². The van der Waals surface area contributed by atoms with Crippen molar-refractivity contribution in [2.24, 2.45) is 11.8 Å². The molecule has 6 heteroatoms. The number of nitrogens with zero attached hydrogens (tertiary/aromatic N) is 1. The van der Waals surface area contributed by atoms with Gasteiger partial charge in [-0.3, -0.25) is 9.59 Å². The number of para-hydroxylation sites is 1. The predicted octanol–water partition coefficient (Wildman–Crippen LogP) is 3.89. The highest BCUT2D eigenvalue weighted by Crippen LogP contribution is 2.31. The van der Waals surface area contributed by atoms with Gasteiger partial charge in [-0.2, -0.15) is 11.3 Å². The van der Waals surface area contributed by atoms with E-state index in [2.05, 4.69) is 5.32 Å². The van der Waals surface area contributed by atoms with Gasteiger partial charge in [-0.05, 0) is 54.7 Å². The molecule has 0 radical (unpaired) electrons. The van der Waals surface area contributed by atoms with E-state index in [-0.39, 0.29) is 11.8 Å². The first-order valence-corrected chi connectivity index (χ1v) is 10.5. The zero-order chi connectivity index (χ0) is 18.6. The molecule has 2 saturated heterocycles. The molecule has 2 aromatic rings. The second-order valence-electron chi connectivity index (χ2n) is 7.27. The number of hydrogen-bond acceptors (Lipinski definition) is 4. The second-order valence-corrected chi connectivity index (χ2v) is 8.05. The Hall–Kier alpha value is -2.18. The minimum Gasteiger partial charge on any atom is -0.381 e. The van der Waals surface area contributed by atoms with Gasteiger partial charge in [-0.15, -0.1) is 0 Å². The highest BCUT2D eigenvalue weighted by atomic mass is 32.1. The maximum Gasteiger partial charge on any atom is 0.256 e. The van der Waals surface area contributed by atoms with E-state index in [1.807, 2.05) is 22.4 Å². The maximum atomic E-state index is 13.1. The Morgan fingerprint density at radius 1 is 1.07 bits per heavy atom. The molecule has 2 aliphatic heterocycles. The zero-order valence-corrected chi connectivity index (χ0v) is 16.0. The van der Waals surface area contributed by atoms with E-state index in [1.165, 1.54) is 11.3 Å². The third kappa shape index (κ3) is 4.06. The normalized spacial score (nSPS) is 20.6. The van der Waals surface area contributed by atoms with E-state index < -0.39 is 0 Å². The van der Waals surface area contributed by atoms with Crippen molar-refractivity contribution in [3.8, 4) is 0 Å². The van der Waals surface area contributed by atoms with Crippen LogP contribution < -0.4 is 5.32 Å². The quantitative estimate of drug-likeness (QED) is 0.870. The van der Waals surface area contributed by atoms with E-state index in [0.717, 1.165) is 45.6 Å². The van der Waals surface area contributed by atoms with Gasteiger partial charge in [0.25, 0.3) is 11.8 Å². The minimum absolute atomic E-state index is 0.00246. The summed E-state index contributed by atoms with van der Waals surface area (Å²) in [5, 5.41) is 6.56. The smallest absolute Gasteiger partial charge is 0.256 e. The Morgan fingerprint density at radius 3 is 2.59 bits per heavy atom. The highest BCUT2D eigenvalue weighted by Gasteiger charge is 2.31. The van der Waals surface area contributed by atoms with Crippen LogP contribution >= 0.6 is 11.3 Å². The molecular formula is C21H24N2O3S. The third-order valence-electron chi connectivity index (χ3n) is 5.65. The van der Waals surface area contributed by atoms with Gasteiger partial charge >= 0.3 is 0 Å². The summed E-state index contributed by atoms with van der Waals surface area (Å²) >= 11 is 1.48. The Bertz CT molecular complexity index is 792. The largest absolute Gasteiger partial charge is 0.381 e. The first-order valence-electron chi connectivity index (χ1n) is 9.52. The molecule has 0 spiro atoms. The first kappa shape index (κ1) is 18.2. The van der Waals surface area contributed by atoms with Crippen molar-refractivity contribution in [1.82, 2.24) is 4.90 Å². The Kier molecular flexibility index (Phi) is 5.55. The molecule has 4 rings (SSSR count). The fourth-order valence-corrected chi connectivity index (χ4v) is 4.67. The fourth-order valence-electron chi connectivity index (χ4n) is 4.04. The summed E-state index contributed by atoms with van der Waals surface area (Å²) in [6, 6.07) is 9.05. The summed E-state index contributed by atoms with van der Waals surface area (Å²) in [4.78, 5) is 27.4. The number of benzene rings is 1. The number of nitrogens with one attached hydrogen (secondary N) is 1. The molecule has 1 aromatic heterocycles. The van der Waals surface area contributed by atoms with Crippen molar-refractivity contribution in [1.29, 1.82) is 0 Å². The van der Waals surface area contributed by atoms with E-state index in [0.29, 0.717) is 28.7 Å². The molecule has 1 atom stereocenters. The number of amides is 2. The van der Waals surface area contributed by atoms with E-state index in [4.69, 9.17) is 4.74 Å². The summed E-state index contributed by atoms with van der Waals surface area (Å²) in [6.45, 7) is 3.29. The van der Waals surface area contributed by atoms with Gasteiger partial charge in [-0.25, -0.2) is 0 Å². The number of rotatable bonds is 4. The average Bonchev–Trinajstić information content (AvgIpc) is 3.42. The molecule has 2 fully saturated rings. The molecule has 1 unspecified atom stereocenters. The lowest BCUT2D eigenvalue weighted by Gasteiger charge is -2.34. The molecule has 0 saturated carbocycles. The lowest BCUT2D eigenvalue weighted by atomic mass is 9.84. The second kappa shape index (κ2) is 8.23. The van der Waals surface area contributed by atoms with Gasteiger partial charge in [0.2, 0.25) is 0 Å². The van der Waals surface area contributed by atoms with Crippen molar-refractivity contribution >= 4 is 28.8 Å². The molecule has 1 aromatic carbocycles. The topological polar surface area (TPSA) is 58.6 Å². The number of ether oxygens (including phenoxy) is 1. The predicted molar refractivity (Wildman–Crippen MR) is 106 cm³/mol. The SMILES string of the molecule is O=C(Nc1ccccc1C(=O)N1CCC(C2CCOC2)CC1)c1ccsc1. The standard InChI is InChI=1S/C21H24N2O3S/c24-20(17-8-12-27-14-17)22-19-4-2-1-3-18(19)21(25)23-9-5-15(6-10-23)16-7-11-26-13-16/h1-4,8,12,14-16H,5-7,9-11,13H2,(H,22,24). The van der Waals surface area contributed by atoms with Gasteiger partial charge in [0.15, 0.2) is 0 Å². The highest BCUT2D eigenvalue weighted by molar-refractivity contribution is 7.08.